The van der Waals surface area contributed by atoms with Crippen LogP contribution in [0.15, 0.2) is 12.4 Å². The van der Waals surface area contributed by atoms with Crippen LogP contribution in [0.25, 0.3) is 0 Å². The van der Waals surface area contributed by atoms with E-state index in [0.717, 1.165) is 23.5 Å². The third-order valence-electron chi connectivity index (χ3n) is 3.87. The topological polar surface area (TPSA) is 49.8 Å². The summed E-state index contributed by atoms with van der Waals surface area (Å²) in [5.41, 5.74) is 0. The van der Waals surface area contributed by atoms with Crippen molar-refractivity contribution in [2.24, 2.45) is 11.8 Å². The fraction of sp³-hybridized carbons (Fsp3) is 0.692. The number of anilines is 2. The second kappa shape index (κ2) is 5.34. The molecule has 0 bridgehead atoms. The van der Waals surface area contributed by atoms with Crippen molar-refractivity contribution in [1.29, 1.82) is 0 Å². The number of nitrogens with zero attached hydrogens (tertiary/aromatic N) is 2. The Hall–Kier alpha value is -1.32. The van der Waals surface area contributed by atoms with E-state index in [-0.39, 0.29) is 0 Å². The second-order valence-corrected chi connectivity index (χ2v) is 5.15. The Morgan fingerprint density at radius 3 is 2.59 bits per heavy atom. The monoisotopic (exact) mass is 234 g/mol. The fourth-order valence-electron chi connectivity index (χ4n) is 2.46. The van der Waals surface area contributed by atoms with Crippen molar-refractivity contribution < 1.29 is 0 Å². The van der Waals surface area contributed by atoms with Gasteiger partial charge in [0.25, 0.3) is 0 Å². The molecule has 3 atom stereocenters. The number of hydrogen-bond acceptors (Lipinski definition) is 4. The average molecular weight is 234 g/mol. The normalized spacial score (nSPS) is 28.8. The van der Waals surface area contributed by atoms with Crippen molar-refractivity contribution in [1.82, 2.24) is 9.97 Å². The Balaban J connectivity index is 1.96. The van der Waals surface area contributed by atoms with Gasteiger partial charge in [-0.25, -0.2) is 9.97 Å². The molecule has 0 aliphatic heterocycles. The highest BCUT2D eigenvalue weighted by atomic mass is 15.1. The number of hydrogen-bond donors (Lipinski definition) is 2. The summed E-state index contributed by atoms with van der Waals surface area (Å²) in [6.07, 6.45) is 5.39. The number of aromatic nitrogens is 2. The predicted molar refractivity (Wildman–Crippen MR) is 71.2 cm³/mol. The van der Waals surface area contributed by atoms with Gasteiger partial charge in [-0.1, -0.05) is 13.8 Å². The summed E-state index contributed by atoms with van der Waals surface area (Å²) in [6, 6.07) is 2.52. The molecular weight excluding hydrogens is 212 g/mol. The van der Waals surface area contributed by atoms with Crippen LogP contribution in [0.3, 0.4) is 0 Å². The summed E-state index contributed by atoms with van der Waals surface area (Å²) >= 11 is 0. The van der Waals surface area contributed by atoms with Crippen molar-refractivity contribution >= 4 is 11.6 Å². The molecular formula is C13H22N4. The number of rotatable bonds is 3. The van der Waals surface area contributed by atoms with Crippen LogP contribution >= 0.6 is 0 Å². The lowest BCUT2D eigenvalue weighted by atomic mass is 9.79. The first kappa shape index (κ1) is 12.1. The van der Waals surface area contributed by atoms with Gasteiger partial charge in [0.15, 0.2) is 0 Å². The average Bonchev–Trinajstić information content (AvgIpc) is 2.34. The first-order valence-electron chi connectivity index (χ1n) is 6.45. The van der Waals surface area contributed by atoms with Gasteiger partial charge in [0.1, 0.15) is 18.0 Å². The van der Waals surface area contributed by atoms with Crippen LogP contribution < -0.4 is 10.6 Å². The van der Waals surface area contributed by atoms with Crippen molar-refractivity contribution in [2.75, 3.05) is 17.7 Å². The highest BCUT2D eigenvalue weighted by molar-refractivity contribution is 5.46. The van der Waals surface area contributed by atoms with Crippen molar-refractivity contribution in [3.63, 3.8) is 0 Å². The lowest BCUT2D eigenvalue weighted by Gasteiger charge is -2.32. The Bertz CT molecular complexity index is 366. The van der Waals surface area contributed by atoms with E-state index in [4.69, 9.17) is 0 Å². The highest BCUT2D eigenvalue weighted by Crippen LogP contribution is 2.30. The molecule has 1 fully saturated rings. The van der Waals surface area contributed by atoms with Crippen LogP contribution in [-0.4, -0.2) is 23.1 Å². The molecule has 1 aliphatic carbocycles. The zero-order valence-electron chi connectivity index (χ0n) is 10.9. The first-order chi connectivity index (χ1) is 8.19. The van der Waals surface area contributed by atoms with E-state index in [1.165, 1.54) is 19.3 Å². The van der Waals surface area contributed by atoms with E-state index in [2.05, 4.69) is 34.4 Å². The lowest BCUT2D eigenvalue weighted by molar-refractivity contribution is 0.260. The minimum Gasteiger partial charge on any atom is -0.373 e. The summed E-state index contributed by atoms with van der Waals surface area (Å²) in [5.74, 6) is 3.44. The number of nitrogens with one attached hydrogen (secondary N) is 2. The Kier molecular flexibility index (Phi) is 3.82. The van der Waals surface area contributed by atoms with Crippen molar-refractivity contribution in [2.45, 2.75) is 39.2 Å². The molecule has 17 heavy (non-hydrogen) atoms. The quantitative estimate of drug-likeness (QED) is 0.844. The summed E-state index contributed by atoms with van der Waals surface area (Å²) in [7, 11) is 1.87. The zero-order chi connectivity index (χ0) is 12.3. The minimum absolute atomic E-state index is 0.556. The van der Waals surface area contributed by atoms with E-state index in [1.54, 1.807) is 6.33 Å². The molecule has 0 aromatic carbocycles. The lowest BCUT2D eigenvalue weighted by Crippen LogP contribution is -2.30. The molecule has 0 saturated heterocycles. The highest BCUT2D eigenvalue weighted by Gasteiger charge is 2.24. The zero-order valence-corrected chi connectivity index (χ0v) is 10.9. The summed E-state index contributed by atoms with van der Waals surface area (Å²) in [5, 5.41) is 6.54. The third-order valence-corrected chi connectivity index (χ3v) is 3.87. The third kappa shape index (κ3) is 3.08. The molecule has 1 heterocycles. The molecule has 1 aliphatic rings. The Labute approximate surface area is 103 Å². The van der Waals surface area contributed by atoms with Crippen LogP contribution in [0.4, 0.5) is 11.6 Å². The standard InChI is InChI=1S/C13H22N4/c1-9-4-5-11(6-10(9)2)17-13-7-12(14-3)15-8-16-13/h7-11H,4-6H2,1-3H3,(H2,14,15,16,17). The molecule has 2 N–H and O–H groups in total. The van der Waals surface area contributed by atoms with Gasteiger partial charge < -0.3 is 10.6 Å². The molecule has 4 nitrogen and oxygen atoms in total. The summed E-state index contributed by atoms with van der Waals surface area (Å²) < 4.78 is 0. The predicted octanol–water partition coefficient (Wildman–Crippen LogP) is 2.75. The fourth-order valence-corrected chi connectivity index (χ4v) is 2.46. The van der Waals surface area contributed by atoms with Crippen LogP contribution in [0, 0.1) is 11.8 Å². The van der Waals surface area contributed by atoms with Gasteiger partial charge in [-0.2, -0.15) is 0 Å². The van der Waals surface area contributed by atoms with Gasteiger partial charge in [0, 0.05) is 19.2 Å². The van der Waals surface area contributed by atoms with E-state index in [9.17, 15) is 0 Å². The van der Waals surface area contributed by atoms with Gasteiger partial charge in [-0.3, -0.25) is 0 Å². The molecule has 1 saturated carbocycles. The van der Waals surface area contributed by atoms with E-state index in [0.29, 0.717) is 6.04 Å². The molecule has 94 valence electrons. The van der Waals surface area contributed by atoms with Crippen LogP contribution in [0.1, 0.15) is 33.1 Å². The van der Waals surface area contributed by atoms with E-state index >= 15 is 0 Å². The molecule has 0 spiro atoms. The Morgan fingerprint density at radius 1 is 1.12 bits per heavy atom. The molecule has 3 unspecified atom stereocenters. The Morgan fingerprint density at radius 2 is 1.88 bits per heavy atom. The van der Waals surface area contributed by atoms with Crippen molar-refractivity contribution in [3.8, 4) is 0 Å². The maximum Gasteiger partial charge on any atom is 0.131 e. The maximum atomic E-state index is 4.26. The molecule has 0 radical (unpaired) electrons. The molecule has 1 aromatic rings. The summed E-state index contributed by atoms with van der Waals surface area (Å²) in [6.45, 7) is 4.70. The van der Waals surface area contributed by atoms with Crippen LogP contribution in [-0.2, 0) is 0 Å². The van der Waals surface area contributed by atoms with Gasteiger partial charge in [-0.15, -0.1) is 0 Å². The maximum absolute atomic E-state index is 4.26. The van der Waals surface area contributed by atoms with E-state index < -0.39 is 0 Å². The molecule has 1 aromatic heterocycles. The van der Waals surface area contributed by atoms with Gasteiger partial charge in [0.05, 0.1) is 0 Å². The minimum atomic E-state index is 0.556. The molecule has 0 amide bonds. The van der Waals surface area contributed by atoms with Crippen LogP contribution in [0.2, 0.25) is 0 Å². The molecule has 4 heteroatoms. The van der Waals surface area contributed by atoms with Gasteiger partial charge in [0.2, 0.25) is 0 Å². The smallest absolute Gasteiger partial charge is 0.131 e. The molecule has 2 rings (SSSR count). The van der Waals surface area contributed by atoms with Crippen LogP contribution in [0.5, 0.6) is 0 Å². The SMILES string of the molecule is CNc1cc(NC2CCC(C)C(C)C2)ncn1. The first-order valence-corrected chi connectivity index (χ1v) is 6.45. The van der Waals surface area contributed by atoms with Gasteiger partial charge in [-0.05, 0) is 31.1 Å². The van der Waals surface area contributed by atoms with Crippen molar-refractivity contribution in [3.05, 3.63) is 12.4 Å². The second-order valence-electron chi connectivity index (χ2n) is 5.15. The largest absolute Gasteiger partial charge is 0.373 e. The van der Waals surface area contributed by atoms with E-state index in [1.807, 2.05) is 13.1 Å². The van der Waals surface area contributed by atoms with Gasteiger partial charge >= 0.3 is 0 Å². The summed E-state index contributed by atoms with van der Waals surface area (Å²) in [4.78, 5) is 8.38.